The predicted molar refractivity (Wildman–Crippen MR) is 59.2 cm³/mol. The summed E-state index contributed by atoms with van der Waals surface area (Å²) in [5, 5.41) is 26.6. The highest BCUT2D eigenvalue weighted by Crippen LogP contribution is 2.15. The number of nitrogens with two attached hydrogens (primary N) is 1. The molecule has 1 unspecified atom stereocenters. The smallest absolute Gasteiger partial charge is 0.259 e. The monoisotopic (exact) mass is 225 g/mol. The number of aliphatic hydroxyl groups excluding tert-OH is 3. The molecule has 16 heavy (non-hydrogen) atoms. The zero-order valence-electron chi connectivity index (χ0n) is 8.71. The van der Waals surface area contributed by atoms with Crippen molar-refractivity contribution in [3.05, 3.63) is 41.9 Å². The van der Waals surface area contributed by atoms with Crippen LogP contribution in [0.3, 0.4) is 0 Å². The van der Waals surface area contributed by atoms with Gasteiger partial charge < -0.3 is 25.8 Å². The Kier molecular flexibility index (Phi) is 4.63. The Morgan fingerprint density at radius 3 is 2.50 bits per heavy atom. The van der Waals surface area contributed by atoms with E-state index in [1.54, 1.807) is 12.1 Å². The van der Waals surface area contributed by atoms with Gasteiger partial charge >= 0.3 is 0 Å². The van der Waals surface area contributed by atoms with Crippen molar-refractivity contribution in [2.24, 2.45) is 5.73 Å². The van der Waals surface area contributed by atoms with Gasteiger partial charge in [0.25, 0.3) is 6.29 Å². The molecule has 0 amide bonds. The van der Waals surface area contributed by atoms with Crippen LogP contribution in [0.5, 0.6) is 5.75 Å². The second-order valence-electron chi connectivity index (χ2n) is 3.21. The maximum Gasteiger partial charge on any atom is 0.259 e. The van der Waals surface area contributed by atoms with Crippen molar-refractivity contribution in [2.45, 2.75) is 12.7 Å². The molecule has 0 radical (unpaired) electrons. The van der Waals surface area contributed by atoms with Crippen LogP contribution in [0.15, 0.2) is 36.3 Å². The van der Waals surface area contributed by atoms with E-state index in [4.69, 9.17) is 20.7 Å². The van der Waals surface area contributed by atoms with Crippen LogP contribution >= 0.6 is 0 Å². The van der Waals surface area contributed by atoms with E-state index < -0.39 is 12.0 Å². The van der Waals surface area contributed by atoms with Gasteiger partial charge in [0.15, 0.2) is 5.76 Å². The molecule has 0 saturated heterocycles. The first-order chi connectivity index (χ1) is 7.67. The van der Waals surface area contributed by atoms with Crippen molar-refractivity contribution >= 4 is 0 Å². The highest BCUT2D eigenvalue weighted by Gasteiger charge is 2.10. The van der Waals surface area contributed by atoms with E-state index in [2.05, 4.69) is 0 Å². The molecule has 0 spiro atoms. The Morgan fingerprint density at radius 1 is 1.38 bits per heavy atom. The summed E-state index contributed by atoms with van der Waals surface area (Å²) in [6, 6.07) is 6.93. The fraction of sp³-hybridized carbons (Fsp3) is 0.273. The maximum atomic E-state index is 9.22. The van der Waals surface area contributed by atoms with Gasteiger partial charge in [-0.05, 0) is 30.7 Å². The van der Waals surface area contributed by atoms with Gasteiger partial charge in [0.05, 0.1) is 0 Å². The summed E-state index contributed by atoms with van der Waals surface area (Å²) in [4.78, 5) is 0. The van der Waals surface area contributed by atoms with Crippen LogP contribution in [0, 0.1) is 0 Å². The molecule has 1 atom stereocenters. The molecule has 0 bridgehead atoms. The molecule has 0 aliphatic carbocycles. The molecule has 1 aromatic carbocycles. The van der Waals surface area contributed by atoms with E-state index in [9.17, 15) is 5.11 Å². The Labute approximate surface area is 93.4 Å². The van der Waals surface area contributed by atoms with Crippen molar-refractivity contribution in [2.75, 3.05) is 6.54 Å². The molecule has 0 aromatic heterocycles. The van der Waals surface area contributed by atoms with Crippen LogP contribution in [0.2, 0.25) is 0 Å². The van der Waals surface area contributed by atoms with E-state index in [-0.39, 0.29) is 0 Å². The Hall–Kier alpha value is -1.72. The first kappa shape index (κ1) is 12.4. The zero-order chi connectivity index (χ0) is 12.0. The fourth-order valence-electron chi connectivity index (χ4n) is 1.15. The summed E-state index contributed by atoms with van der Waals surface area (Å²) in [6.45, 7) is 0.566. The van der Waals surface area contributed by atoms with Gasteiger partial charge in [-0.3, -0.25) is 0 Å². The molecule has 5 N–H and O–H groups in total. The van der Waals surface area contributed by atoms with Crippen molar-refractivity contribution in [1.82, 2.24) is 0 Å². The molecule has 1 aromatic rings. The van der Waals surface area contributed by atoms with Crippen LogP contribution in [0.4, 0.5) is 0 Å². The highest BCUT2D eigenvalue weighted by atomic mass is 16.6. The Balaban J connectivity index is 2.61. The summed E-state index contributed by atoms with van der Waals surface area (Å²) in [6.07, 6.45) is -0.414. The van der Waals surface area contributed by atoms with Gasteiger partial charge in [-0.25, -0.2) is 0 Å². The minimum Gasteiger partial charge on any atom is -0.512 e. The number of hydrogen-bond donors (Lipinski definition) is 4. The topological polar surface area (TPSA) is 95.9 Å². The van der Waals surface area contributed by atoms with Crippen LogP contribution in [0.1, 0.15) is 5.56 Å². The molecular weight excluding hydrogens is 210 g/mol. The molecule has 5 nitrogen and oxygen atoms in total. The van der Waals surface area contributed by atoms with Crippen LogP contribution < -0.4 is 10.5 Å². The number of ether oxygens (including phenoxy) is 1. The quantitative estimate of drug-likeness (QED) is 0.440. The molecule has 88 valence electrons. The lowest BCUT2D eigenvalue weighted by molar-refractivity contribution is -0.0189. The normalized spacial score (nSPS) is 13.5. The summed E-state index contributed by atoms with van der Waals surface area (Å²) >= 11 is 0. The Bertz CT molecular complexity index is 348. The van der Waals surface area contributed by atoms with Gasteiger partial charge in [0, 0.05) is 0 Å². The number of hydrogen-bond acceptors (Lipinski definition) is 5. The molecule has 0 saturated carbocycles. The van der Waals surface area contributed by atoms with Crippen molar-refractivity contribution in [3.8, 4) is 5.75 Å². The van der Waals surface area contributed by atoms with Crippen LogP contribution in [-0.2, 0) is 6.42 Å². The van der Waals surface area contributed by atoms with Gasteiger partial charge in [0.1, 0.15) is 12.0 Å². The fourth-order valence-corrected chi connectivity index (χ4v) is 1.15. The second kappa shape index (κ2) is 5.99. The molecule has 5 heteroatoms. The minimum absolute atomic E-state index is 0.382. The maximum absolute atomic E-state index is 9.22. The SMILES string of the molecule is NCCc1ccc(OC(O)C(O)=CO)cc1. The summed E-state index contributed by atoms with van der Waals surface area (Å²) in [5.74, 6) is -0.257. The van der Waals surface area contributed by atoms with E-state index in [1.165, 1.54) is 0 Å². The highest BCUT2D eigenvalue weighted by molar-refractivity contribution is 5.27. The molecule has 0 heterocycles. The number of aliphatic hydroxyl groups is 3. The number of rotatable bonds is 5. The third kappa shape index (κ3) is 3.45. The van der Waals surface area contributed by atoms with E-state index >= 15 is 0 Å². The molecule has 0 aliphatic heterocycles. The van der Waals surface area contributed by atoms with Crippen molar-refractivity contribution < 1.29 is 20.1 Å². The average molecular weight is 225 g/mol. The third-order valence-electron chi connectivity index (χ3n) is 1.99. The minimum atomic E-state index is -1.56. The molecule has 1 rings (SSSR count). The first-order valence-corrected chi connectivity index (χ1v) is 4.84. The number of benzene rings is 1. The largest absolute Gasteiger partial charge is 0.512 e. The standard InChI is InChI=1S/C11H15NO4/c12-6-5-8-1-3-9(4-2-8)16-11(15)10(14)7-13/h1-4,7,11,13-15H,5-6,12H2. The summed E-state index contributed by atoms with van der Waals surface area (Å²) in [5.41, 5.74) is 6.46. The third-order valence-corrected chi connectivity index (χ3v) is 1.99. The van der Waals surface area contributed by atoms with E-state index in [0.717, 1.165) is 12.0 Å². The Morgan fingerprint density at radius 2 is 2.00 bits per heavy atom. The molecule has 0 fully saturated rings. The lowest BCUT2D eigenvalue weighted by Gasteiger charge is -2.12. The molecular formula is C11H15NO4. The predicted octanol–water partition coefficient (Wildman–Crippen LogP) is 0.842. The van der Waals surface area contributed by atoms with Crippen molar-refractivity contribution in [3.63, 3.8) is 0 Å². The van der Waals surface area contributed by atoms with Gasteiger partial charge in [0.2, 0.25) is 0 Å². The molecule has 0 aliphatic rings. The van der Waals surface area contributed by atoms with E-state index in [1.807, 2.05) is 12.1 Å². The van der Waals surface area contributed by atoms with E-state index in [0.29, 0.717) is 18.6 Å². The lowest BCUT2D eigenvalue weighted by Crippen LogP contribution is -2.18. The second-order valence-corrected chi connectivity index (χ2v) is 3.21. The van der Waals surface area contributed by atoms with Crippen molar-refractivity contribution in [1.29, 1.82) is 0 Å². The van der Waals surface area contributed by atoms with Gasteiger partial charge in [-0.15, -0.1) is 0 Å². The zero-order valence-corrected chi connectivity index (χ0v) is 8.71. The first-order valence-electron chi connectivity index (χ1n) is 4.84. The van der Waals surface area contributed by atoms with Crippen LogP contribution in [-0.4, -0.2) is 28.2 Å². The summed E-state index contributed by atoms with van der Waals surface area (Å²) < 4.78 is 4.95. The lowest BCUT2D eigenvalue weighted by atomic mass is 10.1. The summed E-state index contributed by atoms with van der Waals surface area (Å²) in [7, 11) is 0. The van der Waals surface area contributed by atoms with Gasteiger partial charge in [-0.2, -0.15) is 0 Å². The van der Waals surface area contributed by atoms with Crippen LogP contribution in [0.25, 0.3) is 0 Å². The average Bonchev–Trinajstić information content (AvgIpc) is 2.31. The van der Waals surface area contributed by atoms with Gasteiger partial charge in [-0.1, -0.05) is 12.1 Å².